The first kappa shape index (κ1) is 29.4. The molecular weight excluding hydrogens is 546 g/mol. The minimum Gasteiger partial charge on any atom is -0.460 e. The predicted molar refractivity (Wildman–Crippen MR) is 164 cm³/mol. The number of hydrogen-bond donors (Lipinski definition) is 3. The number of furan rings is 1. The number of fused-ring (bicyclic) bond motifs is 2. The number of nitrogens with two attached hydrogens (primary N) is 1. The van der Waals surface area contributed by atoms with Crippen LogP contribution in [0.3, 0.4) is 0 Å². The summed E-state index contributed by atoms with van der Waals surface area (Å²) in [4.78, 5) is 34.9. The Balaban J connectivity index is 1.12. The van der Waals surface area contributed by atoms with Gasteiger partial charge in [0.05, 0.1) is 32.3 Å². The van der Waals surface area contributed by atoms with Gasteiger partial charge in [-0.05, 0) is 49.7 Å². The van der Waals surface area contributed by atoms with Crippen molar-refractivity contribution in [1.29, 1.82) is 0 Å². The van der Waals surface area contributed by atoms with Crippen LogP contribution in [0.4, 0.5) is 0 Å². The Kier molecular flexibility index (Phi) is 8.80. The summed E-state index contributed by atoms with van der Waals surface area (Å²) in [5.41, 5.74) is 8.74. The van der Waals surface area contributed by atoms with E-state index in [1.54, 1.807) is 11.9 Å². The Morgan fingerprint density at radius 3 is 2.58 bits per heavy atom. The van der Waals surface area contributed by atoms with Gasteiger partial charge in [0, 0.05) is 41.4 Å². The standard InChI is InChI=1S/C33H41N5O5/c1-21(27-16-35-28-9-5-4-8-26(27)28)31(33(40)37(2)18-30-41-19-24(34)20-42-30)36-32(39)22-11-13-38(14-12-22)17-25-15-23-7-3-6-10-29(23)43-25/h3-10,15-16,21-22,24,30-31,35H,11-14,17-20,34H2,1-2H3,(H,36,39)/t21-,24?,30?,31+/m0/s1. The van der Waals surface area contributed by atoms with Crippen molar-refractivity contribution in [3.63, 3.8) is 0 Å². The lowest BCUT2D eigenvalue weighted by Crippen LogP contribution is -2.54. The van der Waals surface area contributed by atoms with Gasteiger partial charge in [-0.2, -0.15) is 0 Å². The normalized spacial score (nSPS) is 21.6. The Labute approximate surface area is 251 Å². The van der Waals surface area contributed by atoms with Crippen LogP contribution in [0, 0.1) is 5.92 Å². The minimum atomic E-state index is -0.754. The van der Waals surface area contributed by atoms with Crippen molar-refractivity contribution in [2.45, 2.75) is 50.6 Å². The van der Waals surface area contributed by atoms with E-state index in [2.05, 4.69) is 27.3 Å². The third-order valence-corrected chi connectivity index (χ3v) is 8.78. The van der Waals surface area contributed by atoms with E-state index in [0.717, 1.165) is 46.3 Å². The number of likely N-dealkylation sites (tertiary alicyclic amines) is 1. The fourth-order valence-corrected chi connectivity index (χ4v) is 6.22. The number of para-hydroxylation sites is 2. The van der Waals surface area contributed by atoms with E-state index in [0.29, 0.717) is 32.6 Å². The molecule has 10 heteroatoms. The Morgan fingerprint density at radius 1 is 1.09 bits per heavy atom. The summed E-state index contributed by atoms with van der Waals surface area (Å²) in [5, 5.41) is 5.30. The molecule has 2 amide bonds. The van der Waals surface area contributed by atoms with Gasteiger partial charge in [-0.3, -0.25) is 14.5 Å². The molecule has 43 heavy (non-hydrogen) atoms. The van der Waals surface area contributed by atoms with Gasteiger partial charge >= 0.3 is 0 Å². The Morgan fingerprint density at radius 2 is 1.81 bits per heavy atom. The lowest BCUT2D eigenvalue weighted by Gasteiger charge is -2.35. The number of ether oxygens (including phenoxy) is 2. The molecule has 2 aliphatic heterocycles. The van der Waals surface area contributed by atoms with Crippen molar-refractivity contribution >= 4 is 33.7 Å². The highest BCUT2D eigenvalue weighted by molar-refractivity contribution is 5.91. The highest BCUT2D eigenvalue weighted by Crippen LogP contribution is 2.30. The molecule has 228 valence electrons. The third-order valence-electron chi connectivity index (χ3n) is 8.78. The van der Waals surface area contributed by atoms with Gasteiger partial charge in [-0.15, -0.1) is 0 Å². The second-order valence-electron chi connectivity index (χ2n) is 11.9. The molecule has 4 aromatic rings. The van der Waals surface area contributed by atoms with Gasteiger partial charge in [-0.25, -0.2) is 0 Å². The fraction of sp³-hybridized carbons (Fsp3) is 0.455. The van der Waals surface area contributed by atoms with E-state index in [-0.39, 0.29) is 36.2 Å². The summed E-state index contributed by atoms with van der Waals surface area (Å²) in [6, 6.07) is 17.2. The molecule has 0 radical (unpaired) electrons. The molecule has 10 nitrogen and oxygen atoms in total. The molecule has 0 aliphatic carbocycles. The van der Waals surface area contributed by atoms with Crippen molar-refractivity contribution in [2.75, 3.05) is 39.9 Å². The van der Waals surface area contributed by atoms with Crippen LogP contribution in [0.5, 0.6) is 0 Å². The first-order chi connectivity index (χ1) is 20.9. The second kappa shape index (κ2) is 12.9. The Hall–Kier alpha value is -3.70. The summed E-state index contributed by atoms with van der Waals surface area (Å²) in [5.74, 6) is 0.214. The zero-order chi connectivity index (χ0) is 29.9. The number of nitrogens with zero attached hydrogens (tertiary/aromatic N) is 2. The minimum absolute atomic E-state index is 0.0852. The van der Waals surface area contributed by atoms with Crippen LogP contribution < -0.4 is 11.1 Å². The van der Waals surface area contributed by atoms with Gasteiger partial charge in [-0.1, -0.05) is 43.3 Å². The maximum Gasteiger partial charge on any atom is 0.245 e. The highest BCUT2D eigenvalue weighted by Gasteiger charge is 2.35. The lowest BCUT2D eigenvalue weighted by molar-refractivity contribution is -0.193. The summed E-state index contributed by atoms with van der Waals surface area (Å²) in [7, 11) is 1.72. The van der Waals surface area contributed by atoms with Crippen LogP contribution in [-0.4, -0.2) is 84.9 Å². The monoisotopic (exact) mass is 587 g/mol. The number of rotatable bonds is 9. The van der Waals surface area contributed by atoms with Crippen molar-refractivity contribution in [2.24, 2.45) is 11.7 Å². The molecule has 4 heterocycles. The summed E-state index contributed by atoms with van der Waals surface area (Å²) in [6.45, 7) is 5.28. The molecule has 2 atom stereocenters. The van der Waals surface area contributed by atoms with Crippen molar-refractivity contribution in [3.8, 4) is 0 Å². The molecule has 2 aromatic heterocycles. The van der Waals surface area contributed by atoms with Gasteiger partial charge in [0.2, 0.25) is 11.8 Å². The number of amides is 2. The van der Waals surface area contributed by atoms with Gasteiger partial charge in [0.15, 0.2) is 6.29 Å². The van der Waals surface area contributed by atoms with Gasteiger partial charge < -0.3 is 34.8 Å². The zero-order valence-corrected chi connectivity index (χ0v) is 24.8. The molecule has 4 N–H and O–H groups in total. The topological polar surface area (TPSA) is 126 Å². The smallest absolute Gasteiger partial charge is 0.245 e. The van der Waals surface area contributed by atoms with Crippen LogP contribution in [0.1, 0.15) is 37.0 Å². The number of carbonyl (C=O) groups excluding carboxylic acids is 2. The highest BCUT2D eigenvalue weighted by atomic mass is 16.7. The first-order valence-corrected chi connectivity index (χ1v) is 15.2. The van der Waals surface area contributed by atoms with E-state index >= 15 is 0 Å². The number of benzene rings is 2. The Bertz CT molecular complexity index is 1520. The summed E-state index contributed by atoms with van der Waals surface area (Å²) < 4.78 is 17.4. The number of nitrogens with one attached hydrogen (secondary N) is 2. The van der Waals surface area contributed by atoms with E-state index < -0.39 is 12.3 Å². The molecule has 0 bridgehead atoms. The van der Waals surface area contributed by atoms with Crippen molar-refractivity contribution in [3.05, 3.63) is 72.1 Å². The number of aromatic nitrogens is 1. The maximum atomic E-state index is 13.9. The molecule has 0 unspecified atom stereocenters. The SMILES string of the molecule is C[C@@H](c1c[nH]c2ccccc12)[C@@H](NC(=O)C1CCN(Cc2cc3ccccc3o2)CC1)C(=O)N(C)CC1OCC(N)CO1. The number of aromatic amines is 1. The number of H-pyrrole nitrogens is 1. The fourth-order valence-electron chi connectivity index (χ4n) is 6.22. The van der Waals surface area contributed by atoms with Crippen LogP contribution >= 0.6 is 0 Å². The van der Waals surface area contributed by atoms with Crippen LogP contribution in [0.15, 0.2) is 65.2 Å². The summed E-state index contributed by atoms with van der Waals surface area (Å²) >= 11 is 0. The maximum absolute atomic E-state index is 13.9. The van der Waals surface area contributed by atoms with Gasteiger partial charge in [0.25, 0.3) is 0 Å². The van der Waals surface area contributed by atoms with Crippen LogP contribution in [-0.2, 0) is 25.6 Å². The number of carbonyl (C=O) groups is 2. The van der Waals surface area contributed by atoms with E-state index in [1.165, 1.54) is 0 Å². The summed E-state index contributed by atoms with van der Waals surface area (Å²) in [6.07, 6.45) is 2.82. The van der Waals surface area contributed by atoms with E-state index in [1.807, 2.05) is 55.6 Å². The molecule has 2 aromatic carbocycles. The quantitative estimate of drug-likeness (QED) is 0.273. The number of piperidine rings is 1. The first-order valence-electron chi connectivity index (χ1n) is 15.2. The molecular formula is C33H41N5O5. The largest absolute Gasteiger partial charge is 0.460 e. The lowest BCUT2D eigenvalue weighted by atomic mass is 9.90. The molecule has 0 saturated carbocycles. The van der Waals surface area contributed by atoms with Crippen LogP contribution in [0.2, 0.25) is 0 Å². The average Bonchev–Trinajstić information content (AvgIpc) is 3.64. The molecule has 2 fully saturated rings. The number of likely N-dealkylation sites (N-methyl/N-ethyl adjacent to an activating group) is 1. The zero-order valence-electron chi connectivity index (χ0n) is 24.8. The van der Waals surface area contributed by atoms with Crippen molar-refractivity contribution in [1.82, 2.24) is 20.1 Å². The molecule has 2 aliphatic rings. The van der Waals surface area contributed by atoms with E-state index in [9.17, 15) is 9.59 Å². The molecule has 2 saturated heterocycles. The number of hydrogen-bond acceptors (Lipinski definition) is 7. The second-order valence-corrected chi connectivity index (χ2v) is 11.9. The van der Waals surface area contributed by atoms with Gasteiger partial charge in [0.1, 0.15) is 17.4 Å². The predicted octanol–water partition coefficient (Wildman–Crippen LogP) is 3.57. The molecule has 6 rings (SSSR count). The van der Waals surface area contributed by atoms with Crippen LogP contribution in [0.25, 0.3) is 21.9 Å². The van der Waals surface area contributed by atoms with E-state index in [4.69, 9.17) is 19.6 Å². The van der Waals surface area contributed by atoms with Crippen molar-refractivity contribution < 1.29 is 23.5 Å². The molecule has 0 spiro atoms. The third kappa shape index (κ3) is 6.62. The average molecular weight is 588 g/mol.